The normalized spacial score (nSPS) is 16.8. The molecule has 1 saturated carbocycles. The lowest BCUT2D eigenvalue weighted by molar-refractivity contribution is 0.594. The number of nitrogens with one attached hydrogen (secondary N) is 1. The van der Waals surface area contributed by atoms with E-state index >= 15 is 0 Å². The van der Waals surface area contributed by atoms with Gasteiger partial charge in [0.25, 0.3) is 5.56 Å². The second-order valence-electron chi connectivity index (χ2n) is 2.72. The molecule has 0 atom stereocenters. The predicted octanol–water partition coefficient (Wildman–Crippen LogP) is 0.786. The van der Waals surface area contributed by atoms with Crippen molar-refractivity contribution in [2.75, 3.05) is 0 Å². The van der Waals surface area contributed by atoms with Gasteiger partial charge in [0.05, 0.1) is 6.20 Å². The maximum Gasteiger partial charge on any atom is 0.286 e. The van der Waals surface area contributed by atoms with Crippen LogP contribution < -0.4 is 5.56 Å². The molecule has 0 amide bonds. The van der Waals surface area contributed by atoms with Crippen molar-refractivity contribution >= 4 is 0 Å². The Morgan fingerprint density at radius 3 is 2.91 bits per heavy atom. The molecule has 0 spiro atoms. The minimum atomic E-state index is -0.811. The zero-order valence-corrected chi connectivity index (χ0v) is 5.80. The van der Waals surface area contributed by atoms with Gasteiger partial charge in [-0.3, -0.25) is 4.79 Å². The number of rotatable bonds is 1. The Kier molecular flexibility index (Phi) is 1.27. The van der Waals surface area contributed by atoms with E-state index in [1.165, 1.54) is 0 Å². The number of aromatic amines is 1. The standard InChI is InChI=1S/C7H7FN2O/c8-5-3-9-6(4-1-2-4)10-7(5)11/h3-4H,1-2H2,(H,9,10,11). The van der Waals surface area contributed by atoms with Gasteiger partial charge in [-0.1, -0.05) is 0 Å². The van der Waals surface area contributed by atoms with Crippen molar-refractivity contribution in [1.29, 1.82) is 0 Å². The summed E-state index contributed by atoms with van der Waals surface area (Å²) in [6, 6.07) is 0. The van der Waals surface area contributed by atoms with Gasteiger partial charge in [-0.05, 0) is 12.8 Å². The number of hydrogen-bond acceptors (Lipinski definition) is 2. The van der Waals surface area contributed by atoms with Gasteiger partial charge in [0.15, 0.2) is 0 Å². The lowest BCUT2D eigenvalue weighted by atomic mass is 10.4. The molecular formula is C7H7FN2O. The Morgan fingerprint density at radius 2 is 2.36 bits per heavy atom. The van der Waals surface area contributed by atoms with Crippen molar-refractivity contribution in [2.24, 2.45) is 0 Å². The molecule has 11 heavy (non-hydrogen) atoms. The van der Waals surface area contributed by atoms with Gasteiger partial charge in [0, 0.05) is 5.92 Å². The maximum atomic E-state index is 12.4. The number of aromatic nitrogens is 2. The number of halogens is 1. The molecule has 1 aromatic rings. The second kappa shape index (κ2) is 2.15. The fourth-order valence-corrected chi connectivity index (χ4v) is 0.957. The molecule has 1 fully saturated rings. The second-order valence-corrected chi connectivity index (χ2v) is 2.72. The van der Waals surface area contributed by atoms with Crippen molar-refractivity contribution in [3.63, 3.8) is 0 Å². The highest BCUT2D eigenvalue weighted by Crippen LogP contribution is 2.37. The summed E-state index contributed by atoms with van der Waals surface area (Å²) in [7, 11) is 0. The Morgan fingerprint density at radius 1 is 1.64 bits per heavy atom. The van der Waals surface area contributed by atoms with Gasteiger partial charge < -0.3 is 4.98 Å². The summed E-state index contributed by atoms with van der Waals surface area (Å²) in [5.74, 6) is 0.175. The van der Waals surface area contributed by atoms with Crippen molar-refractivity contribution < 1.29 is 4.39 Å². The third kappa shape index (κ3) is 1.15. The Hall–Kier alpha value is -1.19. The van der Waals surface area contributed by atoms with Crippen LogP contribution in [0, 0.1) is 5.82 Å². The summed E-state index contributed by atoms with van der Waals surface area (Å²) in [6.45, 7) is 0. The average Bonchev–Trinajstić information content (AvgIpc) is 2.77. The molecule has 1 N–H and O–H groups in total. The van der Waals surface area contributed by atoms with Crippen molar-refractivity contribution in [3.05, 3.63) is 28.2 Å². The zero-order chi connectivity index (χ0) is 7.84. The van der Waals surface area contributed by atoms with E-state index in [0.29, 0.717) is 11.7 Å². The van der Waals surface area contributed by atoms with E-state index in [1.54, 1.807) is 0 Å². The predicted molar refractivity (Wildman–Crippen MR) is 36.8 cm³/mol. The summed E-state index contributed by atoms with van der Waals surface area (Å²) in [4.78, 5) is 16.9. The topological polar surface area (TPSA) is 45.8 Å². The summed E-state index contributed by atoms with van der Waals surface area (Å²) < 4.78 is 12.4. The molecule has 2 rings (SSSR count). The first-order valence-electron chi connectivity index (χ1n) is 3.52. The lowest BCUT2D eigenvalue weighted by Crippen LogP contribution is -2.13. The van der Waals surface area contributed by atoms with E-state index in [1.807, 2.05) is 0 Å². The molecule has 4 heteroatoms. The van der Waals surface area contributed by atoms with Gasteiger partial charge in [0.2, 0.25) is 5.82 Å². The van der Waals surface area contributed by atoms with E-state index in [4.69, 9.17) is 0 Å². The van der Waals surface area contributed by atoms with E-state index in [2.05, 4.69) is 9.97 Å². The van der Waals surface area contributed by atoms with Crippen molar-refractivity contribution in [2.45, 2.75) is 18.8 Å². The van der Waals surface area contributed by atoms with Gasteiger partial charge in [-0.15, -0.1) is 0 Å². The van der Waals surface area contributed by atoms with Gasteiger partial charge in [-0.2, -0.15) is 4.39 Å². The van der Waals surface area contributed by atoms with Crippen LogP contribution in [0.1, 0.15) is 24.6 Å². The van der Waals surface area contributed by atoms with Crippen LogP contribution in [0.25, 0.3) is 0 Å². The Labute approximate surface area is 62.3 Å². The summed E-state index contributed by atoms with van der Waals surface area (Å²) in [5, 5.41) is 0. The third-order valence-electron chi connectivity index (χ3n) is 1.74. The van der Waals surface area contributed by atoms with Gasteiger partial charge >= 0.3 is 0 Å². The smallest absolute Gasteiger partial charge is 0.286 e. The molecule has 1 aliphatic carbocycles. The molecule has 1 heterocycles. The van der Waals surface area contributed by atoms with Crippen LogP contribution in [0.3, 0.4) is 0 Å². The zero-order valence-electron chi connectivity index (χ0n) is 5.80. The molecule has 1 aliphatic rings. The van der Waals surface area contributed by atoms with E-state index < -0.39 is 11.4 Å². The average molecular weight is 154 g/mol. The first-order valence-corrected chi connectivity index (χ1v) is 3.52. The molecule has 0 aliphatic heterocycles. The fraction of sp³-hybridized carbons (Fsp3) is 0.429. The number of nitrogens with zero attached hydrogens (tertiary/aromatic N) is 1. The third-order valence-corrected chi connectivity index (χ3v) is 1.74. The summed E-state index contributed by atoms with van der Waals surface area (Å²) >= 11 is 0. The molecule has 0 bridgehead atoms. The monoisotopic (exact) mass is 154 g/mol. The molecule has 58 valence electrons. The summed E-state index contributed by atoms with van der Waals surface area (Å²) in [6.07, 6.45) is 3.08. The number of hydrogen-bond donors (Lipinski definition) is 1. The van der Waals surface area contributed by atoms with E-state index in [0.717, 1.165) is 19.0 Å². The first kappa shape index (κ1) is 6.52. The van der Waals surface area contributed by atoms with E-state index in [9.17, 15) is 9.18 Å². The van der Waals surface area contributed by atoms with Crippen LogP contribution in [0.2, 0.25) is 0 Å². The Bertz CT molecular complexity index is 329. The van der Waals surface area contributed by atoms with Crippen LogP contribution in [-0.4, -0.2) is 9.97 Å². The molecule has 3 nitrogen and oxygen atoms in total. The largest absolute Gasteiger partial charge is 0.308 e. The quantitative estimate of drug-likeness (QED) is 0.649. The van der Waals surface area contributed by atoms with Crippen LogP contribution in [0.5, 0.6) is 0 Å². The van der Waals surface area contributed by atoms with E-state index in [-0.39, 0.29) is 0 Å². The highest BCUT2D eigenvalue weighted by molar-refractivity contribution is 5.05. The lowest BCUT2D eigenvalue weighted by Gasteiger charge is -1.94. The minimum Gasteiger partial charge on any atom is -0.308 e. The number of H-pyrrole nitrogens is 1. The SMILES string of the molecule is O=c1[nH]c(C2CC2)ncc1F. The van der Waals surface area contributed by atoms with Gasteiger partial charge in [-0.25, -0.2) is 4.98 Å². The van der Waals surface area contributed by atoms with Crippen LogP contribution in [0.4, 0.5) is 4.39 Å². The molecular weight excluding hydrogens is 147 g/mol. The first-order chi connectivity index (χ1) is 5.27. The molecule has 0 saturated heterocycles. The fourth-order valence-electron chi connectivity index (χ4n) is 0.957. The summed E-state index contributed by atoms with van der Waals surface area (Å²) in [5.41, 5.74) is -0.665. The van der Waals surface area contributed by atoms with Gasteiger partial charge in [0.1, 0.15) is 5.82 Å². The highest BCUT2D eigenvalue weighted by Gasteiger charge is 2.26. The Balaban J connectivity index is 2.44. The minimum absolute atomic E-state index is 0.364. The van der Waals surface area contributed by atoms with Crippen LogP contribution in [0.15, 0.2) is 11.0 Å². The van der Waals surface area contributed by atoms with Crippen LogP contribution in [-0.2, 0) is 0 Å². The van der Waals surface area contributed by atoms with Crippen molar-refractivity contribution in [3.8, 4) is 0 Å². The molecule has 0 aromatic carbocycles. The molecule has 1 aromatic heterocycles. The van der Waals surface area contributed by atoms with Crippen molar-refractivity contribution in [1.82, 2.24) is 9.97 Å². The van der Waals surface area contributed by atoms with Crippen LogP contribution >= 0.6 is 0 Å². The molecule has 0 unspecified atom stereocenters. The maximum absolute atomic E-state index is 12.4. The highest BCUT2D eigenvalue weighted by atomic mass is 19.1. The molecule has 0 radical (unpaired) electrons.